The molecule has 0 aliphatic carbocycles. The molecule has 1 rings (SSSR count). The molecule has 0 unspecified atom stereocenters. The highest BCUT2D eigenvalue weighted by Crippen LogP contribution is 2.04. The lowest BCUT2D eigenvalue weighted by Crippen LogP contribution is -2.11. The first-order valence-corrected chi connectivity index (χ1v) is 3.75. The first-order chi connectivity index (χ1) is 6.19. The van der Waals surface area contributed by atoms with Crippen LogP contribution in [0, 0.1) is 19.3 Å². The molecule has 4 nitrogen and oxygen atoms in total. The minimum atomic E-state index is -0.421. The zero-order valence-corrected chi connectivity index (χ0v) is 7.57. The van der Waals surface area contributed by atoms with E-state index in [9.17, 15) is 4.79 Å². The lowest BCUT2D eigenvalue weighted by atomic mass is 10.4. The van der Waals surface area contributed by atoms with Gasteiger partial charge >= 0.3 is 5.97 Å². The third kappa shape index (κ3) is 1.88. The maximum atomic E-state index is 11.2. The van der Waals surface area contributed by atoms with Crippen LogP contribution in [0.15, 0.2) is 6.07 Å². The molecule has 0 bridgehead atoms. The van der Waals surface area contributed by atoms with Gasteiger partial charge in [0.05, 0.1) is 12.8 Å². The Bertz CT molecular complexity index is 360. The quantitative estimate of drug-likeness (QED) is 0.492. The van der Waals surface area contributed by atoms with Crippen LogP contribution in [0.1, 0.15) is 16.2 Å². The third-order valence-electron chi connectivity index (χ3n) is 1.54. The van der Waals surface area contributed by atoms with Crippen molar-refractivity contribution in [3.8, 4) is 12.3 Å². The Hall–Kier alpha value is -1.76. The molecule has 0 saturated heterocycles. The summed E-state index contributed by atoms with van der Waals surface area (Å²) in [5.41, 5.74) is 1.13. The van der Waals surface area contributed by atoms with Gasteiger partial charge in [-0.05, 0) is 13.0 Å². The van der Waals surface area contributed by atoms with Gasteiger partial charge in [-0.3, -0.25) is 0 Å². The maximum Gasteiger partial charge on any atom is 0.356 e. The molecule has 0 atom stereocenters. The number of terminal acetylenes is 1. The fraction of sp³-hybridized carbons (Fsp3) is 0.333. The van der Waals surface area contributed by atoms with Crippen LogP contribution in [0.3, 0.4) is 0 Å². The molecule has 0 aliphatic heterocycles. The monoisotopic (exact) mass is 178 g/mol. The lowest BCUT2D eigenvalue weighted by Gasteiger charge is -2.00. The number of rotatable bonds is 2. The predicted molar refractivity (Wildman–Crippen MR) is 47.1 cm³/mol. The van der Waals surface area contributed by atoms with Crippen molar-refractivity contribution in [2.24, 2.45) is 0 Å². The second-order valence-electron chi connectivity index (χ2n) is 2.52. The Kier molecular flexibility index (Phi) is 2.70. The van der Waals surface area contributed by atoms with Crippen LogP contribution >= 0.6 is 0 Å². The zero-order chi connectivity index (χ0) is 9.84. The number of esters is 1. The number of aromatic nitrogens is 2. The molecule has 0 saturated carbocycles. The molecule has 0 spiro atoms. The van der Waals surface area contributed by atoms with Crippen molar-refractivity contribution in [1.82, 2.24) is 9.78 Å². The van der Waals surface area contributed by atoms with E-state index in [2.05, 4.69) is 15.8 Å². The van der Waals surface area contributed by atoms with Gasteiger partial charge in [-0.15, -0.1) is 6.42 Å². The highest BCUT2D eigenvalue weighted by molar-refractivity contribution is 5.87. The van der Waals surface area contributed by atoms with Gasteiger partial charge in [0, 0.05) is 0 Å². The lowest BCUT2D eigenvalue weighted by molar-refractivity contribution is 0.0587. The van der Waals surface area contributed by atoms with Crippen LogP contribution in [0.4, 0.5) is 0 Å². The Morgan fingerprint density at radius 2 is 2.54 bits per heavy atom. The van der Waals surface area contributed by atoms with Crippen LogP contribution in [-0.4, -0.2) is 22.9 Å². The van der Waals surface area contributed by atoms with Crippen molar-refractivity contribution in [3.63, 3.8) is 0 Å². The van der Waals surface area contributed by atoms with E-state index in [1.165, 1.54) is 11.8 Å². The Labute approximate surface area is 76.5 Å². The van der Waals surface area contributed by atoms with Gasteiger partial charge in [-0.2, -0.15) is 5.10 Å². The molecule has 13 heavy (non-hydrogen) atoms. The van der Waals surface area contributed by atoms with Crippen molar-refractivity contribution in [2.75, 3.05) is 7.11 Å². The number of nitrogens with zero attached hydrogens (tertiary/aromatic N) is 2. The van der Waals surface area contributed by atoms with Crippen LogP contribution in [0.25, 0.3) is 0 Å². The first kappa shape index (κ1) is 9.33. The SMILES string of the molecule is C#CCn1nc(C)cc1C(=O)OC. The second kappa shape index (κ2) is 3.76. The van der Waals surface area contributed by atoms with Gasteiger partial charge in [0.25, 0.3) is 0 Å². The van der Waals surface area contributed by atoms with E-state index in [0.717, 1.165) is 5.69 Å². The summed E-state index contributed by atoms with van der Waals surface area (Å²) in [6, 6.07) is 1.64. The van der Waals surface area contributed by atoms with Crippen molar-refractivity contribution >= 4 is 5.97 Å². The average Bonchev–Trinajstić information content (AvgIpc) is 2.46. The van der Waals surface area contributed by atoms with Gasteiger partial charge in [0.1, 0.15) is 12.2 Å². The van der Waals surface area contributed by atoms with Gasteiger partial charge in [-0.1, -0.05) is 5.92 Å². The van der Waals surface area contributed by atoms with E-state index in [1.54, 1.807) is 13.0 Å². The highest BCUT2D eigenvalue weighted by Gasteiger charge is 2.12. The van der Waals surface area contributed by atoms with Gasteiger partial charge in [-0.25, -0.2) is 9.48 Å². The Morgan fingerprint density at radius 1 is 1.85 bits per heavy atom. The largest absolute Gasteiger partial charge is 0.464 e. The van der Waals surface area contributed by atoms with Crippen molar-refractivity contribution in [2.45, 2.75) is 13.5 Å². The summed E-state index contributed by atoms with van der Waals surface area (Å²) in [6.45, 7) is 2.07. The Morgan fingerprint density at radius 3 is 3.08 bits per heavy atom. The maximum absolute atomic E-state index is 11.2. The summed E-state index contributed by atoms with van der Waals surface area (Å²) in [6.07, 6.45) is 5.12. The van der Waals surface area contributed by atoms with Crippen LogP contribution in [0.2, 0.25) is 0 Å². The number of methoxy groups -OCH3 is 1. The minimum absolute atomic E-state index is 0.276. The normalized spacial score (nSPS) is 9.31. The van der Waals surface area contributed by atoms with E-state index >= 15 is 0 Å². The van der Waals surface area contributed by atoms with Crippen molar-refractivity contribution < 1.29 is 9.53 Å². The molecule has 0 aromatic carbocycles. The number of carbonyl (C=O) groups excluding carboxylic acids is 1. The van der Waals surface area contributed by atoms with Gasteiger partial charge in [0.15, 0.2) is 0 Å². The first-order valence-electron chi connectivity index (χ1n) is 3.75. The number of hydrogen-bond donors (Lipinski definition) is 0. The standard InChI is InChI=1S/C9H10N2O2/c1-4-5-11-8(9(12)13-3)6-7(2)10-11/h1,6H,5H2,2-3H3. The summed E-state index contributed by atoms with van der Waals surface area (Å²) in [5, 5.41) is 4.04. The summed E-state index contributed by atoms with van der Waals surface area (Å²) in [7, 11) is 1.32. The number of carbonyl (C=O) groups is 1. The molecule has 1 aromatic rings. The molecule has 0 amide bonds. The van der Waals surface area contributed by atoms with Crippen molar-refractivity contribution in [3.05, 3.63) is 17.5 Å². The summed E-state index contributed by atoms with van der Waals surface area (Å²) in [5.74, 6) is 1.99. The molecule has 0 aliphatic rings. The Balaban J connectivity index is 3.05. The number of ether oxygens (including phenoxy) is 1. The molecule has 0 fully saturated rings. The van der Waals surface area contributed by atoms with Crippen LogP contribution in [-0.2, 0) is 11.3 Å². The molecular weight excluding hydrogens is 168 g/mol. The molecule has 0 N–H and O–H groups in total. The minimum Gasteiger partial charge on any atom is -0.464 e. The molecule has 68 valence electrons. The van der Waals surface area contributed by atoms with E-state index in [-0.39, 0.29) is 6.54 Å². The van der Waals surface area contributed by atoms with Gasteiger partial charge in [0.2, 0.25) is 0 Å². The molecule has 4 heteroatoms. The topological polar surface area (TPSA) is 44.1 Å². The second-order valence-corrected chi connectivity index (χ2v) is 2.52. The zero-order valence-electron chi connectivity index (χ0n) is 7.57. The molecular formula is C9H10N2O2. The summed E-state index contributed by atoms with van der Waals surface area (Å²) >= 11 is 0. The van der Waals surface area contributed by atoms with Crippen LogP contribution in [0.5, 0.6) is 0 Å². The fourth-order valence-electron chi connectivity index (χ4n) is 1.02. The number of hydrogen-bond acceptors (Lipinski definition) is 3. The predicted octanol–water partition coefficient (Wildman–Crippen LogP) is 0.611. The molecule has 0 radical (unpaired) electrons. The van der Waals surface area contributed by atoms with E-state index in [4.69, 9.17) is 6.42 Å². The highest BCUT2D eigenvalue weighted by atomic mass is 16.5. The fourth-order valence-corrected chi connectivity index (χ4v) is 1.02. The third-order valence-corrected chi connectivity index (χ3v) is 1.54. The van der Waals surface area contributed by atoms with Gasteiger partial charge < -0.3 is 4.74 Å². The summed E-state index contributed by atoms with van der Waals surface area (Å²) < 4.78 is 6.01. The molecule has 1 aromatic heterocycles. The van der Waals surface area contributed by atoms with E-state index in [1.807, 2.05) is 0 Å². The smallest absolute Gasteiger partial charge is 0.356 e. The van der Waals surface area contributed by atoms with Crippen LogP contribution < -0.4 is 0 Å². The van der Waals surface area contributed by atoms with E-state index in [0.29, 0.717) is 5.69 Å². The average molecular weight is 178 g/mol. The molecule has 1 heterocycles. The van der Waals surface area contributed by atoms with E-state index < -0.39 is 5.97 Å². The van der Waals surface area contributed by atoms with Crippen molar-refractivity contribution in [1.29, 1.82) is 0 Å². The summed E-state index contributed by atoms with van der Waals surface area (Å²) in [4.78, 5) is 11.2. The number of aryl methyl sites for hydroxylation is 1.